The van der Waals surface area contributed by atoms with E-state index in [-0.39, 0.29) is 11.8 Å². The smallest absolute Gasteiger partial charge is 0.337 e. The number of hydrogen-bond acceptors (Lipinski definition) is 7. The summed E-state index contributed by atoms with van der Waals surface area (Å²) in [7, 11) is 1.30. The molecule has 0 aliphatic heterocycles. The molecule has 9 heteroatoms. The monoisotopic (exact) mass is 489 g/mol. The maximum atomic E-state index is 12.9. The molecule has 0 fully saturated rings. The minimum Gasteiger partial charge on any atom is -0.491 e. The second kappa shape index (κ2) is 10.8. The van der Waals surface area contributed by atoms with Crippen molar-refractivity contribution in [1.29, 1.82) is 0 Å². The summed E-state index contributed by atoms with van der Waals surface area (Å²) in [6.45, 7) is 2.58. The average Bonchev–Trinajstić information content (AvgIpc) is 3.29. The van der Waals surface area contributed by atoms with E-state index >= 15 is 0 Å². The third-order valence-electron chi connectivity index (χ3n) is 5.04. The molecule has 0 saturated heterocycles. The predicted molar refractivity (Wildman–Crippen MR) is 136 cm³/mol. The first-order valence-electron chi connectivity index (χ1n) is 10.9. The summed E-state index contributed by atoms with van der Waals surface area (Å²) >= 11 is 1.26. The summed E-state index contributed by atoms with van der Waals surface area (Å²) < 4.78 is 11.1. The SMILES string of the molecule is CCCOc1ccccc1NC(=O)c1ccc2nc(NC(=O)c3ccc(C(=O)OC)cc3)sc2c1. The largest absolute Gasteiger partial charge is 0.491 e. The molecule has 1 aromatic heterocycles. The van der Waals surface area contributed by atoms with E-state index in [9.17, 15) is 14.4 Å². The summed E-state index contributed by atoms with van der Waals surface area (Å²) in [6.07, 6.45) is 0.863. The molecular formula is C26H23N3O5S. The number of thiazole rings is 1. The van der Waals surface area contributed by atoms with E-state index in [4.69, 9.17) is 4.74 Å². The number of benzene rings is 3. The maximum Gasteiger partial charge on any atom is 0.337 e. The van der Waals surface area contributed by atoms with E-state index in [2.05, 4.69) is 20.4 Å². The molecule has 0 bridgehead atoms. The number of nitrogens with one attached hydrogen (secondary N) is 2. The molecule has 0 radical (unpaired) electrons. The Morgan fingerprint density at radius 1 is 0.886 bits per heavy atom. The second-order valence-corrected chi connectivity index (χ2v) is 8.55. The van der Waals surface area contributed by atoms with Crippen molar-refractivity contribution in [2.75, 3.05) is 24.4 Å². The van der Waals surface area contributed by atoms with Crippen LogP contribution in [0, 0.1) is 0 Å². The average molecular weight is 490 g/mol. The minimum atomic E-state index is -0.472. The Balaban J connectivity index is 1.47. The summed E-state index contributed by atoms with van der Waals surface area (Å²) in [6, 6.07) is 18.6. The molecule has 0 spiro atoms. The van der Waals surface area contributed by atoms with Gasteiger partial charge in [0.1, 0.15) is 5.75 Å². The summed E-state index contributed by atoms with van der Waals surface area (Å²) in [5, 5.41) is 6.06. The highest BCUT2D eigenvalue weighted by atomic mass is 32.1. The van der Waals surface area contributed by atoms with E-state index in [1.54, 1.807) is 36.4 Å². The Kier molecular flexibility index (Phi) is 7.37. The molecule has 2 N–H and O–H groups in total. The highest BCUT2D eigenvalue weighted by molar-refractivity contribution is 7.22. The van der Waals surface area contributed by atoms with Gasteiger partial charge in [-0.2, -0.15) is 0 Å². The standard InChI is InChI=1S/C26H23N3O5S/c1-3-14-34-21-7-5-4-6-19(21)27-24(31)18-12-13-20-22(15-18)35-26(28-20)29-23(30)16-8-10-17(11-9-16)25(32)33-2/h4-13,15H,3,14H2,1-2H3,(H,27,31)(H,28,29,30). The van der Waals surface area contributed by atoms with Gasteiger partial charge in [0.15, 0.2) is 5.13 Å². The van der Waals surface area contributed by atoms with Crippen molar-refractivity contribution in [3.8, 4) is 5.75 Å². The van der Waals surface area contributed by atoms with Crippen molar-refractivity contribution in [2.45, 2.75) is 13.3 Å². The number of carbonyl (C=O) groups is 3. The lowest BCUT2D eigenvalue weighted by molar-refractivity contribution is 0.0600. The number of esters is 1. The van der Waals surface area contributed by atoms with E-state index in [1.165, 1.54) is 30.6 Å². The molecule has 4 rings (SSSR count). The van der Waals surface area contributed by atoms with Crippen LogP contribution in [0.1, 0.15) is 44.4 Å². The van der Waals surface area contributed by atoms with Gasteiger partial charge in [-0.3, -0.25) is 14.9 Å². The first kappa shape index (κ1) is 23.9. The molecule has 3 aromatic carbocycles. The van der Waals surface area contributed by atoms with Crippen LogP contribution in [0.2, 0.25) is 0 Å². The van der Waals surface area contributed by atoms with Gasteiger partial charge >= 0.3 is 5.97 Å². The van der Waals surface area contributed by atoms with Crippen LogP contribution in [0.25, 0.3) is 10.2 Å². The van der Waals surface area contributed by atoms with Crippen molar-refractivity contribution < 1.29 is 23.9 Å². The van der Waals surface area contributed by atoms with Crippen molar-refractivity contribution in [2.24, 2.45) is 0 Å². The molecule has 178 valence electrons. The topological polar surface area (TPSA) is 107 Å². The van der Waals surface area contributed by atoms with E-state index in [0.29, 0.717) is 45.4 Å². The Morgan fingerprint density at radius 2 is 1.57 bits per heavy atom. The fourth-order valence-corrected chi connectivity index (χ4v) is 4.17. The summed E-state index contributed by atoms with van der Waals surface area (Å²) in [5.74, 6) is -0.489. The zero-order valence-electron chi connectivity index (χ0n) is 19.2. The predicted octanol–water partition coefficient (Wildman–Crippen LogP) is 5.38. The van der Waals surface area contributed by atoms with Crippen molar-refractivity contribution in [3.05, 3.63) is 83.4 Å². The van der Waals surface area contributed by atoms with Crippen LogP contribution in [-0.4, -0.2) is 36.5 Å². The molecule has 8 nitrogen and oxygen atoms in total. The lowest BCUT2D eigenvalue weighted by Crippen LogP contribution is -2.13. The van der Waals surface area contributed by atoms with Gasteiger partial charge in [0.25, 0.3) is 11.8 Å². The minimum absolute atomic E-state index is 0.274. The van der Waals surface area contributed by atoms with Gasteiger partial charge in [0.2, 0.25) is 0 Å². The molecule has 0 unspecified atom stereocenters. The van der Waals surface area contributed by atoms with Gasteiger partial charge in [-0.1, -0.05) is 30.4 Å². The van der Waals surface area contributed by atoms with Gasteiger partial charge in [-0.15, -0.1) is 0 Å². The zero-order valence-corrected chi connectivity index (χ0v) is 20.0. The highest BCUT2D eigenvalue weighted by Crippen LogP contribution is 2.29. The Morgan fingerprint density at radius 3 is 2.31 bits per heavy atom. The van der Waals surface area contributed by atoms with Crippen LogP contribution in [-0.2, 0) is 4.74 Å². The number of para-hydroxylation sites is 2. The number of ether oxygens (including phenoxy) is 2. The van der Waals surface area contributed by atoms with E-state index in [0.717, 1.165) is 11.1 Å². The van der Waals surface area contributed by atoms with Crippen molar-refractivity contribution in [1.82, 2.24) is 4.98 Å². The lowest BCUT2D eigenvalue weighted by atomic mass is 10.1. The fraction of sp³-hybridized carbons (Fsp3) is 0.154. The number of carbonyl (C=O) groups excluding carboxylic acids is 3. The van der Waals surface area contributed by atoms with E-state index in [1.807, 2.05) is 25.1 Å². The quantitative estimate of drug-likeness (QED) is 0.322. The molecule has 0 aliphatic rings. The van der Waals surface area contributed by atoms with Gasteiger partial charge in [-0.25, -0.2) is 9.78 Å². The number of fused-ring (bicyclic) bond motifs is 1. The van der Waals surface area contributed by atoms with E-state index < -0.39 is 5.97 Å². The molecule has 0 atom stereocenters. The zero-order chi connectivity index (χ0) is 24.8. The normalized spacial score (nSPS) is 10.6. The summed E-state index contributed by atoms with van der Waals surface area (Å²) in [4.78, 5) is 41.4. The number of methoxy groups -OCH3 is 1. The molecule has 1 heterocycles. The van der Waals surface area contributed by atoms with Crippen LogP contribution in [0.5, 0.6) is 5.75 Å². The molecule has 0 saturated carbocycles. The Bertz CT molecular complexity index is 1380. The van der Waals surface area contributed by atoms with Gasteiger partial charge in [-0.05, 0) is 61.0 Å². The highest BCUT2D eigenvalue weighted by Gasteiger charge is 2.14. The summed E-state index contributed by atoms with van der Waals surface area (Å²) in [5.41, 5.74) is 2.45. The molecule has 0 aliphatic carbocycles. The van der Waals surface area contributed by atoms with Crippen LogP contribution in [0.15, 0.2) is 66.7 Å². The number of aromatic nitrogens is 1. The molecule has 35 heavy (non-hydrogen) atoms. The Hall–Kier alpha value is -4.24. The van der Waals surface area contributed by atoms with Gasteiger partial charge in [0, 0.05) is 11.1 Å². The van der Waals surface area contributed by atoms with Gasteiger partial charge in [0.05, 0.1) is 35.2 Å². The molecule has 4 aromatic rings. The van der Waals surface area contributed by atoms with Crippen molar-refractivity contribution in [3.63, 3.8) is 0 Å². The number of anilines is 2. The third kappa shape index (κ3) is 5.64. The van der Waals surface area contributed by atoms with Crippen LogP contribution < -0.4 is 15.4 Å². The van der Waals surface area contributed by atoms with Gasteiger partial charge < -0.3 is 14.8 Å². The number of rotatable bonds is 8. The number of nitrogens with zero attached hydrogens (tertiary/aromatic N) is 1. The number of hydrogen-bond donors (Lipinski definition) is 2. The third-order valence-corrected chi connectivity index (χ3v) is 5.97. The van der Waals surface area contributed by atoms with Crippen LogP contribution in [0.3, 0.4) is 0 Å². The lowest BCUT2D eigenvalue weighted by Gasteiger charge is -2.11. The first-order chi connectivity index (χ1) is 17.0. The maximum absolute atomic E-state index is 12.9. The molecular weight excluding hydrogens is 466 g/mol. The first-order valence-corrected chi connectivity index (χ1v) is 11.7. The fourth-order valence-electron chi connectivity index (χ4n) is 3.27. The van der Waals surface area contributed by atoms with Crippen LogP contribution >= 0.6 is 11.3 Å². The molecule has 2 amide bonds. The second-order valence-electron chi connectivity index (χ2n) is 7.52. The Labute approximate surface area is 205 Å². The number of amides is 2. The van der Waals surface area contributed by atoms with Crippen molar-refractivity contribution >= 4 is 50.2 Å². The van der Waals surface area contributed by atoms with Crippen LogP contribution in [0.4, 0.5) is 10.8 Å².